The number of methoxy groups -OCH3 is 1. The van der Waals surface area contributed by atoms with E-state index in [0.717, 1.165) is 35.4 Å². The Balaban J connectivity index is 1.46. The molecule has 0 spiro atoms. The molecule has 2 heterocycles. The van der Waals surface area contributed by atoms with E-state index in [1.54, 1.807) is 27.5 Å². The summed E-state index contributed by atoms with van der Waals surface area (Å²) in [6, 6.07) is 7.23. The number of alkyl carbamates (subject to hydrolysis) is 1. The van der Waals surface area contributed by atoms with Gasteiger partial charge in [0.25, 0.3) is 0 Å². The predicted molar refractivity (Wildman–Crippen MR) is 141 cm³/mol. The van der Waals surface area contributed by atoms with Crippen LogP contribution in [0.2, 0.25) is 0 Å². The Morgan fingerprint density at radius 1 is 1.19 bits per heavy atom. The van der Waals surface area contributed by atoms with Gasteiger partial charge in [-0.05, 0) is 57.9 Å². The molecule has 1 aliphatic heterocycles. The van der Waals surface area contributed by atoms with Crippen LogP contribution in [-0.4, -0.2) is 69.9 Å². The summed E-state index contributed by atoms with van der Waals surface area (Å²) in [5.41, 5.74) is 0.977. The third-order valence-electron chi connectivity index (χ3n) is 7.85. The highest BCUT2D eigenvalue weighted by Crippen LogP contribution is 2.53. The fraction of sp³-hybridized carbons (Fsp3) is 0.593. The molecule has 1 radical (unpaired) electrons. The van der Waals surface area contributed by atoms with Crippen molar-refractivity contribution in [2.45, 2.75) is 83.7 Å². The number of ether oxygens (including phenoxy) is 1. The summed E-state index contributed by atoms with van der Waals surface area (Å²) < 4.78 is 10.6. The molecule has 199 valence electrons. The molecule has 0 bridgehead atoms. The number of hydrogen-bond donors (Lipinski definition) is 3. The molecule has 37 heavy (non-hydrogen) atoms. The van der Waals surface area contributed by atoms with Crippen molar-refractivity contribution in [1.82, 2.24) is 20.2 Å². The van der Waals surface area contributed by atoms with Gasteiger partial charge in [0, 0.05) is 6.04 Å². The van der Waals surface area contributed by atoms with E-state index < -0.39 is 23.3 Å². The second-order valence-corrected chi connectivity index (χ2v) is 11.5. The van der Waals surface area contributed by atoms with E-state index in [4.69, 9.17) is 9.39 Å². The van der Waals surface area contributed by atoms with Gasteiger partial charge in [0.1, 0.15) is 11.9 Å². The maximum absolute atomic E-state index is 13.6. The van der Waals surface area contributed by atoms with Crippen LogP contribution in [0.15, 0.2) is 30.5 Å². The summed E-state index contributed by atoms with van der Waals surface area (Å²) in [7, 11) is 2.95. The van der Waals surface area contributed by atoms with Crippen molar-refractivity contribution >= 4 is 24.9 Å². The van der Waals surface area contributed by atoms with Gasteiger partial charge in [-0.3, -0.25) is 4.79 Å². The van der Waals surface area contributed by atoms with Gasteiger partial charge in [-0.15, -0.1) is 0 Å². The Bertz CT molecular complexity index is 1120. The van der Waals surface area contributed by atoms with Crippen molar-refractivity contribution in [1.29, 1.82) is 0 Å². The lowest BCUT2D eigenvalue weighted by Crippen LogP contribution is -2.52. The largest absolute Gasteiger partial charge is 0.453 e. The highest BCUT2D eigenvalue weighted by atomic mass is 16.5. The number of aromatic nitrogens is 2. The molecule has 4 atom stereocenters. The van der Waals surface area contributed by atoms with Crippen LogP contribution in [0.5, 0.6) is 0 Å². The molecule has 4 rings (SSSR count). The van der Waals surface area contributed by atoms with Gasteiger partial charge < -0.3 is 29.7 Å². The number of hydrogen-bond acceptors (Lipinski definition) is 6. The molecule has 1 aromatic heterocycles. The van der Waals surface area contributed by atoms with Gasteiger partial charge >= 0.3 is 13.6 Å². The standard InChI is InChI=1S/C27H38BN4O5/c1-15(2)22(31-25(34)36-7)24(33)32-20-12-17(20)13-21(32)23-29-14-19(30-23)16-8-10-18(11-9-16)28-37-27(5,6)26(3,4)35/h8-11,14-15,17,20-22,35H,12-13H2,1-7H3,(H,29,30)(H,31,34). The van der Waals surface area contributed by atoms with Crippen LogP contribution in [0, 0.1) is 11.8 Å². The minimum atomic E-state index is -0.990. The Hall–Kier alpha value is -2.85. The maximum Gasteiger partial charge on any atom is 0.407 e. The lowest BCUT2D eigenvalue weighted by molar-refractivity contribution is -0.136. The summed E-state index contributed by atoms with van der Waals surface area (Å²) >= 11 is 0. The number of aliphatic hydroxyl groups is 1. The molecule has 4 unspecified atom stereocenters. The highest BCUT2D eigenvalue weighted by molar-refractivity contribution is 6.47. The van der Waals surface area contributed by atoms with Gasteiger partial charge in [-0.25, -0.2) is 9.78 Å². The molecule has 2 aromatic rings. The summed E-state index contributed by atoms with van der Waals surface area (Å²) in [4.78, 5) is 35.4. The molecular formula is C27H38BN4O5. The summed E-state index contributed by atoms with van der Waals surface area (Å²) in [6.45, 7) is 11.0. The average Bonchev–Trinajstić information content (AvgIpc) is 3.26. The van der Waals surface area contributed by atoms with E-state index in [1.165, 1.54) is 7.11 Å². The molecule has 2 aliphatic rings. The van der Waals surface area contributed by atoms with Crippen molar-refractivity contribution < 1.29 is 24.1 Å². The molecule has 2 fully saturated rings. The number of fused-ring (bicyclic) bond motifs is 1. The number of piperidine rings is 1. The number of rotatable bonds is 9. The number of carbonyl (C=O) groups is 2. The third kappa shape index (κ3) is 5.70. The average molecular weight is 509 g/mol. The minimum Gasteiger partial charge on any atom is -0.453 e. The van der Waals surface area contributed by atoms with Gasteiger partial charge in [-0.2, -0.15) is 0 Å². The number of amides is 2. The fourth-order valence-corrected chi connectivity index (χ4v) is 4.63. The van der Waals surface area contributed by atoms with E-state index in [0.29, 0.717) is 5.92 Å². The number of nitrogens with zero attached hydrogens (tertiary/aromatic N) is 2. The fourth-order valence-electron chi connectivity index (χ4n) is 4.63. The number of nitrogens with one attached hydrogen (secondary N) is 2. The zero-order valence-corrected chi connectivity index (χ0v) is 22.7. The van der Waals surface area contributed by atoms with Gasteiger partial charge in [0.15, 0.2) is 0 Å². The van der Waals surface area contributed by atoms with Crippen molar-refractivity contribution in [3.8, 4) is 11.3 Å². The van der Waals surface area contributed by atoms with Crippen LogP contribution < -0.4 is 10.8 Å². The van der Waals surface area contributed by atoms with Crippen molar-refractivity contribution in [2.24, 2.45) is 11.8 Å². The van der Waals surface area contributed by atoms with Crippen LogP contribution in [-0.2, 0) is 14.2 Å². The normalized spacial score (nSPS) is 22.0. The molecule has 10 heteroatoms. The van der Waals surface area contributed by atoms with Gasteiger partial charge in [0.05, 0.1) is 36.2 Å². The summed E-state index contributed by atoms with van der Waals surface area (Å²) in [5, 5.41) is 13.0. The molecule has 1 saturated carbocycles. The molecule has 2 amide bonds. The Morgan fingerprint density at radius 2 is 1.86 bits per heavy atom. The number of likely N-dealkylation sites (tertiary alicyclic amines) is 1. The quantitative estimate of drug-likeness (QED) is 0.448. The third-order valence-corrected chi connectivity index (χ3v) is 7.85. The Kier molecular flexibility index (Phi) is 7.45. The summed E-state index contributed by atoms with van der Waals surface area (Å²) in [5.74, 6) is 1.05. The molecule has 1 aromatic carbocycles. The Labute approximate surface area is 219 Å². The topological polar surface area (TPSA) is 117 Å². The summed E-state index contributed by atoms with van der Waals surface area (Å²) in [6.07, 6.45) is 3.03. The highest BCUT2D eigenvalue weighted by Gasteiger charge is 2.56. The van der Waals surface area contributed by atoms with Crippen molar-refractivity contribution in [3.05, 3.63) is 36.3 Å². The predicted octanol–water partition coefficient (Wildman–Crippen LogP) is 2.93. The lowest BCUT2D eigenvalue weighted by atomic mass is 9.82. The molecule has 1 aliphatic carbocycles. The minimum absolute atomic E-state index is 0.0782. The SMILES string of the molecule is COC(=O)NC(C(=O)N1C(c2ncc(-c3ccc([B]OC(C)(C)C(C)(C)O)cc3)[nH]2)CC2CC21)C(C)C. The zero-order valence-electron chi connectivity index (χ0n) is 22.7. The number of carbonyl (C=O) groups excluding carboxylic acids is 2. The first-order valence-corrected chi connectivity index (χ1v) is 12.9. The second-order valence-electron chi connectivity index (χ2n) is 11.5. The van der Waals surface area contributed by atoms with E-state index in [1.807, 2.05) is 56.9 Å². The molecular weight excluding hydrogens is 471 g/mol. The number of benzene rings is 1. The number of aromatic amines is 1. The van der Waals surface area contributed by atoms with Crippen LogP contribution in [0.4, 0.5) is 4.79 Å². The van der Waals surface area contributed by atoms with Crippen LogP contribution in [0.1, 0.15) is 66.3 Å². The molecule has 3 N–H and O–H groups in total. The van der Waals surface area contributed by atoms with Crippen LogP contribution in [0.3, 0.4) is 0 Å². The molecule has 1 saturated heterocycles. The first-order chi connectivity index (χ1) is 17.3. The first kappa shape index (κ1) is 27.2. The first-order valence-electron chi connectivity index (χ1n) is 12.9. The number of H-pyrrole nitrogens is 1. The monoisotopic (exact) mass is 509 g/mol. The van der Waals surface area contributed by atoms with E-state index in [2.05, 4.69) is 15.3 Å². The van der Waals surface area contributed by atoms with Crippen LogP contribution in [0.25, 0.3) is 11.3 Å². The van der Waals surface area contributed by atoms with E-state index >= 15 is 0 Å². The van der Waals surface area contributed by atoms with E-state index in [9.17, 15) is 14.7 Å². The van der Waals surface area contributed by atoms with Crippen LogP contribution >= 0.6 is 0 Å². The second kappa shape index (κ2) is 10.1. The van der Waals surface area contributed by atoms with Gasteiger partial charge in [0.2, 0.25) is 5.91 Å². The zero-order chi connectivity index (χ0) is 27.1. The smallest absolute Gasteiger partial charge is 0.407 e. The van der Waals surface area contributed by atoms with Crippen molar-refractivity contribution in [3.63, 3.8) is 0 Å². The molecule has 9 nitrogen and oxygen atoms in total. The number of imidazole rings is 1. The Morgan fingerprint density at radius 3 is 2.46 bits per heavy atom. The van der Waals surface area contributed by atoms with E-state index in [-0.39, 0.29) is 23.9 Å². The van der Waals surface area contributed by atoms with Crippen molar-refractivity contribution in [2.75, 3.05) is 7.11 Å². The maximum atomic E-state index is 13.6. The van der Waals surface area contributed by atoms with Gasteiger partial charge in [-0.1, -0.05) is 43.6 Å². The lowest BCUT2D eigenvalue weighted by Gasteiger charge is -2.37.